The number of ether oxygens (including phenoxy) is 1. The van der Waals surface area contributed by atoms with Crippen LogP contribution < -0.4 is 10.2 Å². The molecule has 1 aromatic rings. The van der Waals surface area contributed by atoms with Crippen molar-refractivity contribution in [3.63, 3.8) is 0 Å². The Morgan fingerprint density at radius 1 is 1.38 bits per heavy atom. The Hall–Kier alpha value is -0.770. The van der Waals surface area contributed by atoms with Gasteiger partial charge in [0.15, 0.2) is 0 Å². The maximum Gasteiger partial charge on any atom is 0.134 e. The van der Waals surface area contributed by atoms with Gasteiger partial charge in [-0.1, -0.05) is 12.1 Å². The predicted molar refractivity (Wildman–Crippen MR) is 67.1 cm³/mol. The first-order chi connectivity index (χ1) is 7.70. The second kappa shape index (κ2) is 5.04. The monoisotopic (exact) mass is 240 g/mol. The van der Waals surface area contributed by atoms with Gasteiger partial charge in [-0.2, -0.15) is 0 Å². The molecular weight excluding hydrogens is 224 g/mol. The van der Waals surface area contributed by atoms with Crippen LogP contribution in [0.4, 0.5) is 5.69 Å². The smallest absolute Gasteiger partial charge is 0.134 e. The average molecular weight is 241 g/mol. The topological polar surface area (TPSA) is 24.5 Å². The summed E-state index contributed by atoms with van der Waals surface area (Å²) in [6, 6.07) is 8.36. The van der Waals surface area contributed by atoms with Crippen LogP contribution in [-0.4, -0.2) is 32.6 Å². The SMILES string of the molecule is CN(C)c1ccc([C@@H]2NC[C@@H](CCl)O2)cc1. The van der Waals surface area contributed by atoms with E-state index in [9.17, 15) is 0 Å². The van der Waals surface area contributed by atoms with E-state index >= 15 is 0 Å². The molecule has 88 valence electrons. The second-order valence-electron chi connectivity index (χ2n) is 4.19. The zero-order chi connectivity index (χ0) is 11.5. The number of alkyl halides is 1. The number of nitrogens with zero attached hydrogens (tertiary/aromatic N) is 1. The highest BCUT2D eigenvalue weighted by atomic mass is 35.5. The molecule has 0 saturated carbocycles. The van der Waals surface area contributed by atoms with Crippen LogP contribution in [0, 0.1) is 0 Å². The maximum absolute atomic E-state index is 5.76. The maximum atomic E-state index is 5.76. The summed E-state index contributed by atoms with van der Waals surface area (Å²) in [5.41, 5.74) is 2.34. The van der Waals surface area contributed by atoms with E-state index in [1.807, 2.05) is 14.1 Å². The number of halogens is 1. The van der Waals surface area contributed by atoms with Crippen LogP contribution >= 0.6 is 11.6 Å². The molecule has 0 unspecified atom stereocenters. The van der Waals surface area contributed by atoms with Crippen molar-refractivity contribution in [2.45, 2.75) is 12.3 Å². The zero-order valence-electron chi connectivity index (χ0n) is 9.61. The molecule has 0 spiro atoms. The number of rotatable bonds is 3. The molecule has 1 aliphatic rings. The molecule has 2 atom stereocenters. The van der Waals surface area contributed by atoms with Gasteiger partial charge in [0.2, 0.25) is 0 Å². The van der Waals surface area contributed by atoms with E-state index in [2.05, 4.69) is 34.5 Å². The third-order valence-electron chi connectivity index (χ3n) is 2.74. The number of anilines is 1. The van der Waals surface area contributed by atoms with Crippen LogP contribution in [0.2, 0.25) is 0 Å². The van der Waals surface area contributed by atoms with Gasteiger partial charge in [0.1, 0.15) is 6.23 Å². The second-order valence-corrected chi connectivity index (χ2v) is 4.50. The van der Waals surface area contributed by atoms with Gasteiger partial charge in [-0.25, -0.2) is 0 Å². The minimum atomic E-state index is -0.0139. The van der Waals surface area contributed by atoms with E-state index in [1.54, 1.807) is 0 Å². The van der Waals surface area contributed by atoms with Gasteiger partial charge in [-0.05, 0) is 17.7 Å². The molecule has 1 N–H and O–H groups in total. The molecule has 0 aromatic heterocycles. The molecular formula is C12H17ClN2O. The molecule has 0 radical (unpaired) electrons. The Morgan fingerprint density at radius 3 is 2.56 bits per heavy atom. The zero-order valence-corrected chi connectivity index (χ0v) is 10.4. The fourth-order valence-electron chi connectivity index (χ4n) is 1.76. The molecule has 3 nitrogen and oxygen atoms in total. The van der Waals surface area contributed by atoms with Gasteiger partial charge in [0.05, 0.1) is 6.10 Å². The Morgan fingerprint density at radius 2 is 2.06 bits per heavy atom. The van der Waals surface area contributed by atoms with Crippen molar-refractivity contribution in [3.8, 4) is 0 Å². The Kier molecular flexibility index (Phi) is 3.69. The molecule has 4 heteroatoms. The van der Waals surface area contributed by atoms with Crippen molar-refractivity contribution >= 4 is 17.3 Å². The summed E-state index contributed by atoms with van der Waals surface area (Å²) < 4.78 is 5.74. The van der Waals surface area contributed by atoms with Crippen molar-refractivity contribution in [2.24, 2.45) is 0 Å². The highest BCUT2D eigenvalue weighted by Crippen LogP contribution is 2.23. The van der Waals surface area contributed by atoms with Crippen molar-refractivity contribution in [2.75, 3.05) is 31.4 Å². The molecule has 0 amide bonds. The van der Waals surface area contributed by atoms with Crippen LogP contribution in [-0.2, 0) is 4.74 Å². The summed E-state index contributed by atoms with van der Waals surface area (Å²) in [5, 5.41) is 3.30. The van der Waals surface area contributed by atoms with E-state index in [-0.39, 0.29) is 12.3 Å². The number of nitrogens with one attached hydrogen (secondary N) is 1. The quantitative estimate of drug-likeness (QED) is 0.818. The molecule has 1 aromatic carbocycles. The Balaban J connectivity index is 2.05. The van der Waals surface area contributed by atoms with E-state index < -0.39 is 0 Å². The third-order valence-corrected chi connectivity index (χ3v) is 3.09. The standard InChI is InChI=1S/C12H17ClN2O/c1-15(2)10-5-3-9(4-6-10)12-14-8-11(7-13)16-12/h3-6,11-12,14H,7-8H2,1-2H3/t11-,12-/m1/s1. The van der Waals surface area contributed by atoms with Crippen molar-refractivity contribution < 1.29 is 4.74 Å². The number of benzene rings is 1. The van der Waals surface area contributed by atoms with Crippen LogP contribution in [0.25, 0.3) is 0 Å². The molecule has 0 aliphatic carbocycles. The van der Waals surface area contributed by atoms with Crippen molar-refractivity contribution in [3.05, 3.63) is 29.8 Å². The summed E-state index contributed by atoms with van der Waals surface area (Å²) in [7, 11) is 4.06. The Labute approximate surface area is 101 Å². The first kappa shape index (κ1) is 11.7. The highest BCUT2D eigenvalue weighted by molar-refractivity contribution is 6.18. The average Bonchev–Trinajstić information content (AvgIpc) is 2.77. The van der Waals surface area contributed by atoms with Crippen molar-refractivity contribution in [1.29, 1.82) is 0 Å². The summed E-state index contributed by atoms with van der Waals surface area (Å²) in [5.74, 6) is 0.541. The molecule has 1 saturated heterocycles. The van der Waals surface area contributed by atoms with Crippen molar-refractivity contribution in [1.82, 2.24) is 5.32 Å². The fourth-order valence-corrected chi connectivity index (χ4v) is 1.94. The lowest BCUT2D eigenvalue weighted by molar-refractivity contribution is 0.0528. The first-order valence-corrected chi connectivity index (χ1v) is 5.96. The van der Waals surface area contributed by atoms with Gasteiger partial charge in [-0.3, -0.25) is 5.32 Å². The number of hydrogen-bond acceptors (Lipinski definition) is 3. The predicted octanol–water partition coefficient (Wildman–Crippen LogP) is 1.98. The van der Waals surface area contributed by atoms with Gasteiger partial charge in [-0.15, -0.1) is 11.6 Å². The minimum Gasteiger partial charge on any atom is -0.378 e. The van der Waals surface area contributed by atoms with Crippen LogP contribution in [0.5, 0.6) is 0 Å². The highest BCUT2D eigenvalue weighted by Gasteiger charge is 2.24. The lowest BCUT2D eigenvalue weighted by atomic mass is 10.2. The van der Waals surface area contributed by atoms with Crippen LogP contribution in [0.15, 0.2) is 24.3 Å². The van der Waals surface area contributed by atoms with E-state index in [0.29, 0.717) is 5.88 Å². The summed E-state index contributed by atoms with van der Waals surface area (Å²) >= 11 is 5.76. The third kappa shape index (κ3) is 2.48. The minimum absolute atomic E-state index is 0.0139. The van der Waals surface area contributed by atoms with E-state index in [1.165, 1.54) is 5.69 Å². The van der Waals surface area contributed by atoms with Crippen LogP contribution in [0.1, 0.15) is 11.8 Å². The van der Waals surface area contributed by atoms with Gasteiger partial charge < -0.3 is 9.64 Å². The molecule has 1 fully saturated rings. The largest absolute Gasteiger partial charge is 0.378 e. The van der Waals surface area contributed by atoms with Gasteiger partial charge >= 0.3 is 0 Å². The number of hydrogen-bond donors (Lipinski definition) is 1. The summed E-state index contributed by atoms with van der Waals surface area (Å²) in [6.07, 6.45) is 0.111. The van der Waals surface area contributed by atoms with Gasteiger partial charge in [0, 0.05) is 32.2 Å². The van der Waals surface area contributed by atoms with E-state index in [4.69, 9.17) is 16.3 Å². The van der Waals surface area contributed by atoms with Gasteiger partial charge in [0.25, 0.3) is 0 Å². The summed E-state index contributed by atoms with van der Waals surface area (Å²) in [6.45, 7) is 0.823. The van der Waals surface area contributed by atoms with E-state index in [0.717, 1.165) is 12.1 Å². The molecule has 16 heavy (non-hydrogen) atoms. The van der Waals surface area contributed by atoms with Crippen LogP contribution in [0.3, 0.4) is 0 Å². The first-order valence-electron chi connectivity index (χ1n) is 5.43. The lowest BCUT2D eigenvalue weighted by Crippen LogP contribution is -2.16. The Bertz CT molecular complexity index is 339. The molecule has 1 heterocycles. The molecule has 0 bridgehead atoms. The fraction of sp³-hybridized carbons (Fsp3) is 0.500. The molecule has 2 rings (SSSR count). The lowest BCUT2D eigenvalue weighted by Gasteiger charge is -2.15. The molecule has 1 aliphatic heterocycles. The summed E-state index contributed by atoms with van der Waals surface area (Å²) in [4.78, 5) is 2.08. The normalized spacial score (nSPS) is 24.7.